The van der Waals surface area contributed by atoms with Gasteiger partial charge in [-0.3, -0.25) is 15.0 Å². The third-order valence-corrected chi connectivity index (χ3v) is 6.80. The molecule has 0 radical (unpaired) electrons. The number of hydrazine groups is 1. The maximum Gasteiger partial charge on any atom is 0.426 e. The van der Waals surface area contributed by atoms with Gasteiger partial charge >= 0.3 is 6.09 Å². The van der Waals surface area contributed by atoms with E-state index in [0.717, 1.165) is 31.5 Å². The summed E-state index contributed by atoms with van der Waals surface area (Å²) >= 11 is 0. The van der Waals surface area contributed by atoms with Crippen molar-refractivity contribution in [1.29, 1.82) is 0 Å². The first-order valence-corrected chi connectivity index (χ1v) is 13.2. The van der Waals surface area contributed by atoms with E-state index in [1.54, 1.807) is 51.0 Å². The number of carbonyl (C=O) groups is 3. The fourth-order valence-corrected chi connectivity index (χ4v) is 4.98. The second-order valence-electron chi connectivity index (χ2n) is 10.7. The summed E-state index contributed by atoms with van der Waals surface area (Å²) in [6.07, 6.45) is 5.91. The Morgan fingerprint density at radius 1 is 1.15 bits per heavy atom. The molecule has 1 atom stereocenters. The Labute approximate surface area is 228 Å². The van der Waals surface area contributed by atoms with Crippen LogP contribution in [0.5, 0.6) is 5.75 Å². The van der Waals surface area contributed by atoms with Gasteiger partial charge in [-0.05, 0) is 58.2 Å². The van der Waals surface area contributed by atoms with Crippen LogP contribution in [-0.2, 0) is 9.53 Å². The lowest BCUT2D eigenvalue weighted by molar-refractivity contribution is -0.120. The number of fused-ring (bicyclic) bond motifs is 1. The first-order chi connectivity index (χ1) is 18.5. The molecule has 2 aromatic rings. The van der Waals surface area contributed by atoms with Crippen molar-refractivity contribution in [3.8, 4) is 5.75 Å². The Morgan fingerprint density at radius 3 is 2.51 bits per heavy atom. The topological polar surface area (TPSA) is 138 Å². The lowest BCUT2D eigenvalue weighted by atomic mass is 10.0. The van der Waals surface area contributed by atoms with E-state index in [-0.39, 0.29) is 23.6 Å². The summed E-state index contributed by atoms with van der Waals surface area (Å²) in [5.41, 5.74) is 5.35. The van der Waals surface area contributed by atoms with Gasteiger partial charge in [0.1, 0.15) is 23.1 Å². The fourth-order valence-electron chi connectivity index (χ4n) is 4.98. The average molecular weight is 540 g/mol. The van der Waals surface area contributed by atoms with Crippen LogP contribution >= 0.6 is 0 Å². The summed E-state index contributed by atoms with van der Waals surface area (Å²) in [7, 11) is 3.25. The van der Waals surface area contributed by atoms with Crippen molar-refractivity contribution in [3.63, 3.8) is 0 Å². The van der Waals surface area contributed by atoms with Crippen molar-refractivity contribution in [2.24, 2.45) is 0 Å². The Bertz CT molecular complexity index is 1240. The first-order valence-electron chi connectivity index (χ1n) is 13.2. The highest BCUT2D eigenvalue weighted by atomic mass is 16.6. The molecule has 2 aliphatic rings. The van der Waals surface area contributed by atoms with Crippen molar-refractivity contribution in [2.45, 2.75) is 77.5 Å². The zero-order chi connectivity index (χ0) is 28.3. The zero-order valence-electron chi connectivity index (χ0n) is 23.3. The summed E-state index contributed by atoms with van der Waals surface area (Å²) in [6, 6.07) is 4.78. The molecule has 1 aliphatic carbocycles. The monoisotopic (exact) mass is 539 g/mol. The van der Waals surface area contributed by atoms with Gasteiger partial charge in [0, 0.05) is 18.7 Å². The SMILES string of the molecule is CC[C@@H]1C(=O)N(C)c2cnc(Nc3ccc(C(=O)NNC(=O)OC(C)(C)C)cc3OC)nc2N1C1CCCC1. The number of nitrogens with zero attached hydrogens (tertiary/aromatic N) is 4. The van der Waals surface area contributed by atoms with Crippen LogP contribution in [0.4, 0.5) is 27.9 Å². The predicted molar refractivity (Wildman–Crippen MR) is 147 cm³/mol. The number of benzene rings is 1. The van der Waals surface area contributed by atoms with Gasteiger partial charge in [0.15, 0.2) is 5.82 Å². The van der Waals surface area contributed by atoms with Crippen molar-refractivity contribution in [2.75, 3.05) is 29.3 Å². The molecule has 12 nitrogen and oxygen atoms in total. The van der Waals surface area contributed by atoms with Crippen LogP contribution < -0.4 is 30.7 Å². The molecule has 12 heteroatoms. The van der Waals surface area contributed by atoms with E-state index in [1.807, 2.05) is 6.92 Å². The number of methoxy groups -OCH3 is 1. The second kappa shape index (κ2) is 11.3. The van der Waals surface area contributed by atoms with Gasteiger partial charge in [0.25, 0.3) is 5.91 Å². The average Bonchev–Trinajstić information content (AvgIpc) is 3.43. The number of rotatable bonds is 6. The third kappa shape index (κ3) is 6.15. The highest BCUT2D eigenvalue weighted by molar-refractivity contribution is 6.04. The highest BCUT2D eigenvalue weighted by Gasteiger charge is 2.41. The molecule has 1 fully saturated rings. The van der Waals surface area contributed by atoms with Gasteiger partial charge in [0.05, 0.1) is 19.0 Å². The van der Waals surface area contributed by atoms with Gasteiger partial charge in [-0.2, -0.15) is 4.98 Å². The van der Waals surface area contributed by atoms with Crippen LogP contribution in [0.3, 0.4) is 0 Å². The Balaban J connectivity index is 1.55. The number of amides is 3. The van der Waals surface area contributed by atoms with Crippen LogP contribution in [0, 0.1) is 0 Å². The number of carbonyl (C=O) groups excluding carboxylic acids is 3. The zero-order valence-corrected chi connectivity index (χ0v) is 23.3. The minimum atomic E-state index is -0.769. The molecule has 0 bridgehead atoms. The minimum Gasteiger partial charge on any atom is -0.495 e. The summed E-state index contributed by atoms with van der Waals surface area (Å²) < 4.78 is 10.6. The van der Waals surface area contributed by atoms with Gasteiger partial charge in [-0.1, -0.05) is 19.8 Å². The van der Waals surface area contributed by atoms with E-state index in [9.17, 15) is 14.4 Å². The van der Waals surface area contributed by atoms with E-state index in [1.165, 1.54) is 13.2 Å². The summed E-state index contributed by atoms with van der Waals surface area (Å²) in [5, 5.41) is 3.19. The van der Waals surface area contributed by atoms with E-state index in [2.05, 4.69) is 26.1 Å². The Kier molecular flexibility index (Phi) is 8.12. The molecule has 4 rings (SSSR count). The summed E-state index contributed by atoms with van der Waals surface area (Å²) in [4.78, 5) is 50.6. The van der Waals surface area contributed by atoms with Crippen LogP contribution in [0.1, 0.15) is 70.2 Å². The number of anilines is 4. The predicted octanol–water partition coefficient (Wildman–Crippen LogP) is 3.90. The van der Waals surface area contributed by atoms with Crippen LogP contribution in [0.25, 0.3) is 0 Å². The van der Waals surface area contributed by atoms with E-state index < -0.39 is 17.6 Å². The molecule has 1 aromatic carbocycles. The minimum absolute atomic E-state index is 0.0536. The number of ether oxygens (including phenoxy) is 2. The summed E-state index contributed by atoms with van der Waals surface area (Å²) in [5.74, 6) is 0.972. The molecule has 3 amide bonds. The van der Waals surface area contributed by atoms with Crippen LogP contribution in [-0.4, -0.2) is 59.7 Å². The number of likely N-dealkylation sites (N-methyl/N-ethyl adjacent to an activating group) is 1. The molecule has 0 saturated heterocycles. The van der Waals surface area contributed by atoms with E-state index >= 15 is 0 Å². The van der Waals surface area contributed by atoms with Gasteiger partial charge in [-0.15, -0.1) is 0 Å². The summed E-state index contributed by atoms with van der Waals surface area (Å²) in [6.45, 7) is 7.20. The molecular weight excluding hydrogens is 502 g/mol. The molecule has 0 spiro atoms. The molecule has 1 saturated carbocycles. The molecule has 39 heavy (non-hydrogen) atoms. The molecule has 0 unspecified atom stereocenters. The normalized spacial score (nSPS) is 17.5. The van der Waals surface area contributed by atoms with Crippen molar-refractivity contribution in [3.05, 3.63) is 30.0 Å². The van der Waals surface area contributed by atoms with Crippen molar-refractivity contribution in [1.82, 2.24) is 20.8 Å². The Morgan fingerprint density at radius 2 is 1.87 bits per heavy atom. The maximum absolute atomic E-state index is 13.1. The number of nitrogens with one attached hydrogen (secondary N) is 3. The molecular formula is C27H37N7O5. The fraction of sp³-hybridized carbons (Fsp3) is 0.519. The molecule has 210 valence electrons. The smallest absolute Gasteiger partial charge is 0.426 e. The maximum atomic E-state index is 13.1. The van der Waals surface area contributed by atoms with Crippen molar-refractivity contribution >= 4 is 41.0 Å². The standard InChI is InChI=1S/C27H37N7O5/c1-7-19-24(36)33(5)20-15-28-25(30-22(20)34(19)17-10-8-9-11-17)29-18-13-12-16(14-21(18)38-6)23(35)31-32-26(37)39-27(2,3)4/h12-15,17,19H,7-11H2,1-6H3,(H,31,35)(H,32,37)(H,28,29,30)/t19-/m1/s1. The van der Waals surface area contributed by atoms with Gasteiger partial charge in [-0.25, -0.2) is 15.2 Å². The Hall–Kier alpha value is -4.09. The second-order valence-corrected chi connectivity index (χ2v) is 10.7. The number of hydrogen-bond acceptors (Lipinski definition) is 9. The van der Waals surface area contributed by atoms with Gasteiger partial charge < -0.3 is 24.6 Å². The molecule has 3 N–H and O–H groups in total. The highest BCUT2D eigenvalue weighted by Crippen LogP contribution is 2.40. The van der Waals surface area contributed by atoms with Gasteiger partial charge in [0.2, 0.25) is 11.9 Å². The third-order valence-electron chi connectivity index (χ3n) is 6.80. The van der Waals surface area contributed by atoms with Crippen LogP contribution in [0.2, 0.25) is 0 Å². The number of hydrogen-bond donors (Lipinski definition) is 3. The lowest BCUT2D eigenvalue weighted by Crippen LogP contribution is -2.55. The van der Waals surface area contributed by atoms with E-state index in [4.69, 9.17) is 14.5 Å². The van der Waals surface area contributed by atoms with Crippen molar-refractivity contribution < 1.29 is 23.9 Å². The largest absolute Gasteiger partial charge is 0.495 e. The van der Waals surface area contributed by atoms with Crippen LogP contribution in [0.15, 0.2) is 24.4 Å². The molecule has 2 heterocycles. The lowest BCUT2D eigenvalue weighted by Gasteiger charge is -2.43. The van der Waals surface area contributed by atoms with E-state index in [0.29, 0.717) is 29.5 Å². The quantitative estimate of drug-likeness (QED) is 0.467. The number of aromatic nitrogens is 2. The molecule has 1 aliphatic heterocycles. The molecule has 1 aromatic heterocycles. The first kappa shape index (κ1) is 27.9.